The van der Waals surface area contributed by atoms with Crippen LogP contribution in [0.2, 0.25) is 0 Å². The maximum atomic E-state index is 10.9. The lowest BCUT2D eigenvalue weighted by atomic mass is 10.2. The summed E-state index contributed by atoms with van der Waals surface area (Å²) in [5, 5.41) is 8.97. The molecule has 1 fully saturated rings. The molecule has 0 aliphatic carbocycles. The molecule has 0 unspecified atom stereocenters. The molecule has 6 nitrogen and oxygen atoms in total. The zero-order valence-electron chi connectivity index (χ0n) is 12.8. The minimum Gasteiger partial charge on any atom is -0.477 e. The highest BCUT2D eigenvalue weighted by atomic mass is 16.4. The molecule has 116 valence electrons. The molecule has 2 rings (SSSR count). The molecule has 0 atom stereocenters. The van der Waals surface area contributed by atoms with Gasteiger partial charge in [0.2, 0.25) is 0 Å². The number of pyridine rings is 1. The van der Waals surface area contributed by atoms with Gasteiger partial charge in [0.05, 0.1) is 5.69 Å². The summed E-state index contributed by atoms with van der Waals surface area (Å²) in [5.74, 6) is -0.967. The Bertz CT molecular complexity index is 470. The molecule has 0 aromatic carbocycles. The van der Waals surface area contributed by atoms with E-state index in [1.54, 1.807) is 6.07 Å². The van der Waals surface area contributed by atoms with Crippen molar-refractivity contribution in [2.75, 3.05) is 53.4 Å². The number of hydrogen-bond donors (Lipinski definition) is 1. The van der Waals surface area contributed by atoms with Crippen molar-refractivity contribution in [2.45, 2.75) is 6.54 Å². The Morgan fingerprint density at radius 1 is 1.24 bits per heavy atom. The summed E-state index contributed by atoms with van der Waals surface area (Å²) in [5.41, 5.74) is 0.953. The van der Waals surface area contributed by atoms with Crippen molar-refractivity contribution in [2.24, 2.45) is 0 Å². The number of carboxylic acids is 1. The molecule has 0 bridgehead atoms. The molecule has 0 saturated carbocycles. The summed E-state index contributed by atoms with van der Waals surface area (Å²) in [6, 6.07) is 5.19. The third-order valence-corrected chi connectivity index (χ3v) is 3.74. The quantitative estimate of drug-likeness (QED) is 0.822. The number of carboxylic acid groups (broad SMARTS) is 1. The van der Waals surface area contributed by atoms with E-state index in [2.05, 4.69) is 33.8 Å². The van der Waals surface area contributed by atoms with Gasteiger partial charge in [-0.2, -0.15) is 0 Å². The Balaban J connectivity index is 1.80. The van der Waals surface area contributed by atoms with E-state index < -0.39 is 5.97 Å². The van der Waals surface area contributed by atoms with Gasteiger partial charge in [0.25, 0.3) is 0 Å². The van der Waals surface area contributed by atoms with Gasteiger partial charge in [0.15, 0.2) is 0 Å². The van der Waals surface area contributed by atoms with Crippen LogP contribution in [-0.2, 0) is 6.54 Å². The van der Waals surface area contributed by atoms with E-state index in [1.807, 2.05) is 6.07 Å². The molecule has 2 heterocycles. The second kappa shape index (κ2) is 7.49. The number of piperazine rings is 1. The van der Waals surface area contributed by atoms with E-state index in [0.717, 1.165) is 51.5 Å². The second-order valence-corrected chi connectivity index (χ2v) is 5.74. The van der Waals surface area contributed by atoms with Crippen molar-refractivity contribution < 1.29 is 9.90 Å². The predicted molar refractivity (Wildman–Crippen MR) is 81.5 cm³/mol. The molecule has 0 spiro atoms. The molecule has 21 heavy (non-hydrogen) atoms. The SMILES string of the molecule is CN(C)CCN1CCN(Cc2cccc(C(=O)O)n2)CC1. The number of aromatic nitrogens is 1. The summed E-state index contributed by atoms with van der Waals surface area (Å²) in [6.07, 6.45) is 0. The van der Waals surface area contributed by atoms with Gasteiger partial charge in [-0.3, -0.25) is 9.80 Å². The van der Waals surface area contributed by atoms with Crippen LogP contribution in [0.25, 0.3) is 0 Å². The van der Waals surface area contributed by atoms with Crippen molar-refractivity contribution in [1.29, 1.82) is 0 Å². The summed E-state index contributed by atoms with van der Waals surface area (Å²) in [6.45, 7) is 7.05. The van der Waals surface area contributed by atoms with Crippen LogP contribution in [0.1, 0.15) is 16.2 Å². The predicted octanol–water partition coefficient (Wildman–Crippen LogP) is 0.459. The topological polar surface area (TPSA) is 59.9 Å². The van der Waals surface area contributed by atoms with Gasteiger partial charge in [0.1, 0.15) is 5.69 Å². The van der Waals surface area contributed by atoms with E-state index in [9.17, 15) is 4.79 Å². The van der Waals surface area contributed by atoms with Crippen LogP contribution in [0, 0.1) is 0 Å². The lowest BCUT2D eigenvalue weighted by Crippen LogP contribution is -2.47. The van der Waals surface area contributed by atoms with Crippen LogP contribution >= 0.6 is 0 Å². The number of rotatable bonds is 6. The van der Waals surface area contributed by atoms with E-state index in [4.69, 9.17) is 5.11 Å². The molecule has 1 N–H and O–H groups in total. The van der Waals surface area contributed by atoms with Gasteiger partial charge in [-0.1, -0.05) is 6.07 Å². The summed E-state index contributed by atoms with van der Waals surface area (Å²) < 4.78 is 0. The Hall–Kier alpha value is -1.50. The third kappa shape index (κ3) is 5.08. The first-order valence-electron chi connectivity index (χ1n) is 7.33. The fraction of sp³-hybridized carbons (Fsp3) is 0.600. The molecule has 6 heteroatoms. The lowest BCUT2D eigenvalue weighted by molar-refractivity contribution is 0.0689. The highest BCUT2D eigenvalue weighted by Gasteiger charge is 2.17. The number of hydrogen-bond acceptors (Lipinski definition) is 5. The maximum Gasteiger partial charge on any atom is 0.354 e. The third-order valence-electron chi connectivity index (χ3n) is 3.74. The zero-order valence-corrected chi connectivity index (χ0v) is 12.8. The maximum absolute atomic E-state index is 10.9. The smallest absolute Gasteiger partial charge is 0.354 e. The fourth-order valence-corrected chi connectivity index (χ4v) is 2.43. The van der Waals surface area contributed by atoms with Crippen molar-refractivity contribution in [3.63, 3.8) is 0 Å². The molecule has 0 amide bonds. The Labute approximate surface area is 126 Å². The standard InChI is InChI=1S/C15H24N4O2/c1-17(2)6-7-18-8-10-19(11-9-18)12-13-4-3-5-14(16-13)15(20)21/h3-5H,6-12H2,1-2H3,(H,20,21). The van der Waals surface area contributed by atoms with Crippen molar-refractivity contribution in [3.8, 4) is 0 Å². The van der Waals surface area contributed by atoms with Crippen LogP contribution in [-0.4, -0.2) is 84.1 Å². The lowest BCUT2D eigenvalue weighted by Gasteiger charge is -2.35. The van der Waals surface area contributed by atoms with Crippen molar-refractivity contribution in [3.05, 3.63) is 29.6 Å². The summed E-state index contributed by atoms with van der Waals surface area (Å²) >= 11 is 0. The fourth-order valence-electron chi connectivity index (χ4n) is 2.43. The normalized spacial score (nSPS) is 17.3. The van der Waals surface area contributed by atoms with E-state index in [1.165, 1.54) is 6.07 Å². The number of nitrogens with zero attached hydrogens (tertiary/aromatic N) is 4. The minimum absolute atomic E-state index is 0.122. The summed E-state index contributed by atoms with van der Waals surface area (Å²) in [4.78, 5) is 22.1. The molecular weight excluding hydrogens is 268 g/mol. The van der Waals surface area contributed by atoms with Crippen LogP contribution in [0.4, 0.5) is 0 Å². The minimum atomic E-state index is -0.967. The molecule has 1 aliphatic rings. The molecule has 1 aromatic rings. The van der Waals surface area contributed by atoms with E-state index >= 15 is 0 Å². The average molecular weight is 292 g/mol. The first kappa shape index (κ1) is 15.9. The van der Waals surface area contributed by atoms with E-state index in [0.29, 0.717) is 0 Å². The average Bonchev–Trinajstić information content (AvgIpc) is 2.47. The van der Waals surface area contributed by atoms with Gasteiger partial charge in [-0.25, -0.2) is 9.78 Å². The van der Waals surface area contributed by atoms with Crippen molar-refractivity contribution >= 4 is 5.97 Å². The summed E-state index contributed by atoms with van der Waals surface area (Å²) in [7, 11) is 4.19. The van der Waals surface area contributed by atoms with Gasteiger partial charge >= 0.3 is 5.97 Å². The van der Waals surface area contributed by atoms with Crippen molar-refractivity contribution in [1.82, 2.24) is 19.7 Å². The number of likely N-dealkylation sites (N-methyl/N-ethyl adjacent to an activating group) is 1. The Morgan fingerprint density at radius 2 is 1.90 bits per heavy atom. The number of carbonyl (C=O) groups is 1. The zero-order chi connectivity index (χ0) is 15.2. The molecule has 1 aromatic heterocycles. The Morgan fingerprint density at radius 3 is 2.52 bits per heavy atom. The first-order valence-corrected chi connectivity index (χ1v) is 7.33. The highest BCUT2D eigenvalue weighted by molar-refractivity contribution is 5.85. The monoisotopic (exact) mass is 292 g/mol. The van der Waals surface area contributed by atoms with Gasteiger partial charge < -0.3 is 10.0 Å². The van der Waals surface area contributed by atoms with Gasteiger partial charge in [-0.15, -0.1) is 0 Å². The largest absolute Gasteiger partial charge is 0.477 e. The number of aromatic carboxylic acids is 1. The molecule has 1 aliphatic heterocycles. The second-order valence-electron chi connectivity index (χ2n) is 5.74. The van der Waals surface area contributed by atoms with Gasteiger partial charge in [0, 0.05) is 45.8 Å². The van der Waals surface area contributed by atoms with E-state index in [-0.39, 0.29) is 5.69 Å². The van der Waals surface area contributed by atoms with Crippen LogP contribution < -0.4 is 0 Å². The molecular formula is C15H24N4O2. The Kier molecular flexibility index (Phi) is 5.67. The van der Waals surface area contributed by atoms with Crippen LogP contribution in [0.15, 0.2) is 18.2 Å². The van der Waals surface area contributed by atoms with Crippen LogP contribution in [0.5, 0.6) is 0 Å². The first-order chi connectivity index (χ1) is 10.0. The molecule has 1 saturated heterocycles. The molecule has 0 radical (unpaired) electrons. The van der Waals surface area contributed by atoms with Gasteiger partial charge in [-0.05, 0) is 26.2 Å². The highest BCUT2D eigenvalue weighted by Crippen LogP contribution is 2.08. The van der Waals surface area contributed by atoms with Crippen LogP contribution in [0.3, 0.4) is 0 Å².